The number of piperidine rings is 1. The SMILES string of the molecule is CCCOCC(=O)N1CCC(OCCN)CC1. The maximum absolute atomic E-state index is 11.7. The van der Waals surface area contributed by atoms with Gasteiger partial charge in [-0.3, -0.25) is 4.79 Å². The van der Waals surface area contributed by atoms with Crippen molar-refractivity contribution in [3.8, 4) is 0 Å². The first kappa shape index (κ1) is 14.4. The van der Waals surface area contributed by atoms with Gasteiger partial charge in [0, 0.05) is 26.2 Å². The van der Waals surface area contributed by atoms with E-state index in [0.29, 0.717) is 19.8 Å². The van der Waals surface area contributed by atoms with Gasteiger partial charge in [-0.05, 0) is 19.3 Å². The molecular weight excluding hydrogens is 220 g/mol. The molecule has 0 aliphatic carbocycles. The van der Waals surface area contributed by atoms with Crippen molar-refractivity contribution in [3.63, 3.8) is 0 Å². The molecule has 1 amide bonds. The number of likely N-dealkylation sites (tertiary alicyclic amines) is 1. The summed E-state index contributed by atoms with van der Waals surface area (Å²) in [7, 11) is 0. The Bertz CT molecular complexity index is 216. The summed E-state index contributed by atoms with van der Waals surface area (Å²) in [5.41, 5.74) is 5.38. The molecule has 0 aromatic carbocycles. The third-order valence-corrected chi connectivity index (χ3v) is 2.84. The van der Waals surface area contributed by atoms with Crippen molar-refractivity contribution < 1.29 is 14.3 Å². The number of rotatable bonds is 7. The molecule has 1 fully saturated rings. The van der Waals surface area contributed by atoms with Gasteiger partial charge in [0.05, 0.1) is 12.7 Å². The number of nitrogens with two attached hydrogens (primary N) is 1. The first-order valence-corrected chi connectivity index (χ1v) is 6.45. The molecule has 0 bridgehead atoms. The molecule has 100 valence electrons. The van der Waals surface area contributed by atoms with Crippen LogP contribution < -0.4 is 5.73 Å². The lowest BCUT2D eigenvalue weighted by atomic mass is 10.1. The lowest BCUT2D eigenvalue weighted by Gasteiger charge is -2.31. The summed E-state index contributed by atoms with van der Waals surface area (Å²) in [6.07, 6.45) is 3.01. The zero-order chi connectivity index (χ0) is 12.5. The molecule has 5 heteroatoms. The molecule has 0 radical (unpaired) electrons. The zero-order valence-electron chi connectivity index (χ0n) is 10.7. The van der Waals surface area contributed by atoms with Crippen LogP contribution in [0.4, 0.5) is 0 Å². The van der Waals surface area contributed by atoms with Crippen LogP contribution in [0.15, 0.2) is 0 Å². The lowest BCUT2D eigenvalue weighted by molar-refractivity contribution is -0.138. The second-order valence-electron chi connectivity index (χ2n) is 4.29. The summed E-state index contributed by atoms with van der Waals surface area (Å²) in [5.74, 6) is 0.0933. The third kappa shape index (κ3) is 5.48. The quantitative estimate of drug-likeness (QED) is 0.658. The van der Waals surface area contributed by atoms with E-state index < -0.39 is 0 Å². The van der Waals surface area contributed by atoms with Crippen molar-refractivity contribution in [3.05, 3.63) is 0 Å². The van der Waals surface area contributed by atoms with Crippen molar-refractivity contribution in [2.75, 3.05) is 39.5 Å². The van der Waals surface area contributed by atoms with Gasteiger partial charge in [0.25, 0.3) is 0 Å². The zero-order valence-corrected chi connectivity index (χ0v) is 10.7. The van der Waals surface area contributed by atoms with Gasteiger partial charge in [-0.1, -0.05) is 6.92 Å². The van der Waals surface area contributed by atoms with Crippen molar-refractivity contribution in [1.82, 2.24) is 4.90 Å². The largest absolute Gasteiger partial charge is 0.377 e. The molecule has 0 aromatic heterocycles. The van der Waals surface area contributed by atoms with Crippen LogP contribution in [0.1, 0.15) is 26.2 Å². The number of amides is 1. The smallest absolute Gasteiger partial charge is 0.248 e. The van der Waals surface area contributed by atoms with E-state index in [1.165, 1.54) is 0 Å². The first-order chi connectivity index (χ1) is 8.27. The Hall–Kier alpha value is -0.650. The van der Waals surface area contributed by atoms with Gasteiger partial charge in [0.1, 0.15) is 6.61 Å². The molecule has 1 saturated heterocycles. The Morgan fingerprint density at radius 3 is 2.65 bits per heavy atom. The molecule has 0 atom stereocenters. The molecule has 0 saturated carbocycles. The number of nitrogens with zero attached hydrogens (tertiary/aromatic N) is 1. The van der Waals surface area contributed by atoms with Gasteiger partial charge < -0.3 is 20.1 Å². The standard InChI is InChI=1S/C12H24N2O3/c1-2-8-16-10-12(15)14-6-3-11(4-7-14)17-9-5-13/h11H,2-10,13H2,1H3. The van der Waals surface area contributed by atoms with Crippen LogP contribution in [-0.2, 0) is 14.3 Å². The van der Waals surface area contributed by atoms with E-state index in [1.54, 1.807) is 0 Å². The fourth-order valence-corrected chi connectivity index (χ4v) is 1.90. The van der Waals surface area contributed by atoms with E-state index in [0.717, 1.165) is 32.4 Å². The number of carbonyl (C=O) groups is 1. The highest BCUT2D eigenvalue weighted by molar-refractivity contribution is 5.77. The summed E-state index contributed by atoms with van der Waals surface area (Å²) < 4.78 is 10.8. The molecule has 0 spiro atoms. The van der Waals surface area contributed by atoms with Gasteiger partial charge >= 0.3 is 0 Å². The van der Waals surface area contributed by atoms with Gasteiger partial charge in [-0.2, -0.15) is 0 Å². The molecule has 1 heterocycles. The summed E-state index contributed by atoms with van der Waals surface area (Å²) in [6.45, 7) is 5.60. The Morgan fingerprint density at radius 2 is 2.06 bits per heavy atom. The Balaban J connectivity index is 2.15. The molecule has 5 nitrogen and oxygen atoms in total. The molecular formula is C12H24N2O3. The van der Waals surface area contributed by atoms with Crippen LogP contribution in [0.25, 0.3) is 0 Å². The van der Waals surface area contributed by atoms with Crippen LogP contribution in [0.5, 0.6) is 0 Å². The predicted octanol–water partition coefficient (Wildman–Crippen LogP) is 0.379. The highest BCUT2D eigenvalue weighted by Gasteiger charge is 2.22. The van der Waals surface area contributed by atoms with Crippen LogP contribution >= 0.6 is 0 Å². The third-order valence-electron chi connectivity index (χ3n) is 2.84. The molecule has 17 heavy (non-hydrogen) atoms. The Labute approximate surface area is 103 Å². The minimum Gasteiger partial charge on any atom is -0.377 e. The Kier molecular flexibility index (Phi) is 7.16. The normalized spacial score (nSPS) is 17.4. The molecule has 0 aromatic rings. The van der Waals surface area contributed by atoms with Crippen LogP contribution in [-0.4, -0.2) is 56.4 Å². The summed E-state index contributed by atoms with van der Waals surface area (Å²) >= 11 is 0. The summed E-state index contributed by atoms with van der Waals surface area (Å²) in [4.78, 5) is 13.6. The minimum atomic E-state index is 0.0933. The summed E-state index contributed by atoms with van der Waals surface area (Å²) in [5, 5.41) is 0. The van der Waals surface area contributed by atoms with Crippen molar-refractivity contribution in [2.24, 2.45) is 5.73 Å². The number of hydrogen-bond acceptors (Lipinski definition) is 4. The average molecular weight is 244 g/mol. The topological polar surface area (TPSA) is 64.8 Å². The molecule has 0 unspecified atom stereocenters. The fraction of sp³-hybridized carbons (Fsp3) is 0.917. The Morgan fingerprint density at radius 1 is 1.35 bits per heavy atom. The van der Waals surface area contributed by atoms with Crippen molar-refractivity contribution >= 4 is 5.91 Å². The highest BCUT2D eigenvalue weighted by atomic mass is 16.5. The molecule has 2 N–H and O–H groups in total. The van der Waals surface area contributed by atoms with Gasteiger partial charge in [0.15, 0.2) is 0 Å². The first-order valence-electron chi connectivity index (χ1n) is 6.45. The number of carbonyl (C=O) groups excluding carboxylic acids is 1. The molecule has 1 aliphatic heterocycles. The van der Waals surface area contributed by atoms with Crippen LogP contribution in [0, 0.1) is 0 Å². The maximum Gasteiger partial charge on any atom is 0.248 e. The van der Waals surface area contributed by atoms with E-state index in [2.05, 4.69) is 0 Å². The van der Waals surface area contributed by atoms with Crippen molar-refractivity contribution in [2.45, 2.75) is 32.3 Å². The number of hydrogen-bond donors (Lipinski definition) is 1. The summed E-state index contributed by atoms with van der Waals surface area (Å²) in [6, 6.07) is 0. The molecule has 1 aliphatic rings. The van der Waals surface area contributed by atoms with E-state index in [4.69, 9.17) is 15.2 Å². The second-order valence-corrected chi connectivity index (χ2v) is 4.29. The fourth-order valence-electron chi connectivity index (χ4n) is 1.90. The molecule has 1 rings (SSSR count). The second kappa shape index (κ2) is 8.44. The monoisotopic (exact) mass is 244 g/mol. The van der Waals surface area contributed by atoms with E-state index >= 15 is 0 Å². The van der Waals surface area contributed by atoms with E-state index in [1.807, 2.05) is 11.8 Å². The van der Waals surface area contributed by atoms with Gasteiger partial charge in [-0.15, -0.1) is 0 Å². The van der Waals surface area contributed by atoms with E-state index in [-0.39, 0.29) is 18.6 Å². The van der Waals surface area contributed by atoms with E-state index in [9.17, 15) is 4.79 Å². The maximum atomic E-state index is 11.7. The van der Waals surface area contributed by atoms with Crippen molar-refractivity contribution in [1.29, 1.82) is 0 Å². The average Bonchev–Trinajstić information content (AvgIpc) is 2.37. The van der Waals surface area contributed by atoms with Gasteiger partial charge in [0.2, 0.25) is 5.91 Å². The van der Waals surface area contributed by atoms with Gasteiger partial charge in [-0.25, -0.2) is 0 Å². The lowest BCUT2D eigenvalue weighted by Crippen LogP contribution is -2.42. The van der Waals surface area contributed by atoms with Crippen LogP contribution in [0.3, 0.4) is 0 Å². The highest BCUT2D eigenvalue weighted by Crippen LogP contribution is 2.13. The van der Waals surface area contributed by atoms with Crippen LogP contribution in [0.2, 0.25) is 0 Å². The minimum absolute atomic E-state index is 0.0933. The number of ether oxygens (including phenoxy) is 2. The predicted molar refractivity (Wildman–Crippen MR) is 65.7 cm³/mol.